The predicted octanol–water partition coefficient (Wildman–Crippen LogP) is 0.708. The van der Waals surface area contributed by atoms with Gasteiger partial charge in [-0.3, -0.25) is 9.59 Å². The first kappa shape index (κ1) is 12.6. The standard InChI is InChI=1S/C12H17N3O3/c16-11-8-10(14-5-1-2-6-14)9-13-15(11)7-3-4-12(17)18/h8-9H,1-7H2,(H,17,18). The molecule has 1 aromatic heterocycles. The molecule has 1 fully saturated rings. The fourth-order valence-electron chi connectivity index (χ4n) is 2.12. The van der Waals surface area contributed by atoms with Crippen LogP contribution in [0.2, 0.25) is 0 Å². The molecule has 0 spiro atoms. The average Bonchev–Trinajstić information content (AvgIpc) is 2.84. The van der Waals surface area contributed by atoms with Crippen molar-refractivity contribution in [3.05, 3.63) is 22.6 Å². The van der Waals surface area contributed by atoms with Gasteiger partial charge < -0.3 is 10.0 Å². The molecule has 98 valence electrons. The maximum atomic E-state index is 11.8. The molecular formula is C12H17N3O3. The van der Waals surface area contributed by atoms with Crippen LogP contribution in [0, 0.1) is 0 Å². The highest BCUT2D eigenvalue weighted by Gasteiger charge is 2.13. The van der Waals surface area contributed by atoms with E-state index in [1.165, 1.54) is 4.68 Å². The van der Waals surface area contributed by atoms with Gasteiger partial charge in [0.05, 0.1) is 11.9 Å². The third kappa shape index (κ3) is 3.09. The number of aromatic nitrogens is 2. The molecule has 0 radical (unpaired) electrons. The van der Waals surface area contributed by atoms with Gasteiger partial charge >= 0.3 is 5.97 Å². The zero-order valence-electron chi connectivity index (χ0n) is 10.2. The Bertz CT molecular complexity index is 478. The van der Waals surface area contributed by atoms with Gasteiger partial charge in [-0.05, 0) is 19.3 Å². The number of nitrogens with zero attached hydrogens (tertiary/aromatic N) is 3. The normalized spacial score (nSPS) is 15.0. The maximum absolute atomic E-state index is 11.8. The van der Waals surface area contributed by atoms with Gasteiger partial charge in [-0.15, -0.1) is 0 Å². The van der Waals surface area contributed by atoms with E-state index in [4.69, 9.17) is 5.11 Å². The van der Waals surface area contributed by atoms with Gasteiger partial charge in [-0.1, -0.05) is 0 Å². The van der Waals surface area contributed by atoms with Crippen molar-refractivity contribution in [3.8, 4) is 0 Å². The van der Waals surface area contributed by atoms with E-state index in [0.717, 1.165) is 31.6 Å². The summed E-state index contributed by atoms with van der Waals surface area (Å²) >= 11 is 0. The van der Waals surface area contributed by atoms with Crippen molar-refractivity contribution in [2.75, 3.05) is 18.0 Å². The van der Waals surface area contributed by atoms with Crippen LogP contribution in [-0.4, -0.2) is 33.9 Å². The van der Waals surface area contributed by atoms with Crippen LogP contribution in [0.5, 0.6) is 0 Å². The van der Waals surface area contributed by atoms with Crippen LogP contribution in [0.4, 0.5) is 5.69 Å². The van der Waals surface area contributed by atoms with Gasteiger partial charge in [-0.2, -0.15) is 5.10 Å². The van der Waals surface area contributed by atoms with Crippen LogP contribution in [0.25, 0.3) is 0 Å². The Labute approximate surface area is 105 Å². The highest BCUT2D eigenvalue weighted by molar-refractivity contribution is 5.66. The van der Waals surface area contributed by atoms with Crippen molar-refractivity contribution in [2.24, 2.45) is 0 Å². The van der Waals surface area contributed by atoms with Gasteiger partial charge in [0.15, 0.2) is 0 Å². The van der Waals surface area contributed by atoms with Gasteiger partial charge in [0.2, 0.25) is 0 Å². The van der Waals surface area contributed by atoms with Gasteiger partial charge in [-0.25, -0.2) is 4.68 Å². The number of anilines is 1. The summed E-state index contributed by atoms with van der Waals surface area (Å²) in [7, 11) is 0. The van der Waals surface area contributed by atoms with E-state index in [9.17, 15) is 9.59 Å². The molecule has 0 unspecified atom stereocenters. The minimum absolute atomic E-state index is 0.0575. The zero-order valence-corrected chi connectivity index (χ0v) is 10.2. The third-order valence-electron chi connectivity index (χ3n) is 3.09. The summed E-state index contributed by atoms with van der Waals surface area (Å²) in [6, 6.07) is 1.58. The van der Waals surface area contributed by atoms with Crippen LogP contribution >= 0.6 is 0 Å². The Kier molecular flexibility index (Phi) is 3.96. The van der Waals surface area contributed by atoms with E-state index in [2.05, 4.69) is 10.00 Å². The smallest absolute Gasteiger partial charge is 0.303 e. The Hall–Kier alpha value is -1.85. The SMILES string of the molecule is O=C(O)CCCn1ncc(N2CCCC2)cc1=O. The van der Waals surface area contributed by atoms with E-state index < -0.39 is 5.97 Å². The maximum Gasteiger partial charge on any atom is 0.303 e. The number of hydrogen-bond acceptors (Lipinski definition) is 4. The second kappa shape index (κ2) is 5.66. The molecule has 1 aliphatic heterocycles. The summed E-state index contributed by atoms with van der Waals surface area (Å²) in [6.45, 7) is 2.31. The molecule has 6 nitrogen and oxygen atoms in total. The number of rotatable bonds is 5. The lowest BCUT2D eigenvalue weighted by Gasteiger charge is -2.16. The Balaban J connectivity index is 2.00. The van der Waals surface area contributed by atoms with Crippen LogP contribution in [-0.2, 0) is 11.3 Å². The van der Waals surface area contributed by atoms with E-state index in [0.29, 0.717) is 13.0 Å². The Morgan fingerprint density at radius 3 is 2.72 bits per heavy atom. The van der Waals surface area contributed by atoms with Crippen LogP contribution in [0.3, 0.4) is 0 Å². The molecule has 2 heterocycles. The third-order valence-corrected chi connectivity index (χ3v) is 3.09. The van der Waals surface area contributed by atoms with E-state index in [1.807, 2.05) is 0 Å². The highest BCUT2D eigenvalue weighted by Crippen LogP contribution is 2.16. The molecule has 0 bridgehead atoms. The molecule has 0 atom stereocenters. The predicted molar refractivity (Wildman–Crippen MR) is 66.8 cm³/mol. The fourth-order valence-corrected chi connectivity index (χ4v) is 2.12. The van der Waals surface area contributed by atoms with Crippen molar-refractivity contribution >= 4 is 11.7 Å². The number of carboxylic acid groups (broad SMARTS) is 1. The molecule has 0 aromatic carbocycles. The topological polar surface area (TPSA) is 75.4 Å². The Morgan fingerprint density at radius 1 is 1.39 bits per heavy atom. The van der Waals surface area contributed by atoms with Gasteiger partial charge in [0.25, 0.3) is 5.56 Å². The first-order valence-electron chi connectivity index (χ1n) is 6.21. The molecule has 2 rings (SSSR count). The van der Waals surface area contributed by atoms with Gasteiger partial charge in [0, 0.05) is 32.1 Å². The molecule has 0 saturated carbocycles. The summed E-state index contributed by atoms with van der Waals surface area (Å²) in [4.78, 5) is 24.3. The minimum Gasteiger partial charge on any atom is -0.481 e. The molecular weight excluding hydrogens is 234 g/mol. The van der Waals surface area contributed by atoms with E-state index in [-0.39, 0.29) is 12.0 Å². The molecule has 18 heavy (non-hydrogen) atoms. The highest BCUT2D eigenvalue weighted by atomic mass is 16.4. The van der Waals surface area contributed by atoms with Crippen molar-refractivity contribution in [1.29, 1.82) is 0 Å². The van der Waals surface area contributed by atoms with Crippen molar-refractivity contribution in [2.45, 2.75) is 32.2 Å². The first-order valence-corrected chi connectivity index (χ1v) is 6.21. The number of aliphatic carboxylic acids is 1. The number of carbonyl (C=O) groups is 1. The summed E-state index contributed by atoms with van der Waals surface area (Å²) in [6.07, 6.45) is 4.48. The summed E-state index contributed by atoms with van der Waals surface area (Å²) in [5.41, 5.74) is 0.705. The lowest BCUT2D eigenvalue weighted by atomic mass is 10.3. The number of hydrogen-bond donors (Lipinski definition) is 1. The number of aryl methyl sites for hydroxylation is 1. The second-order valence-electron chi connectivity index (χ2n) is 4.47. The van der Waals surface area contributed by atoms with Crippen LogP contribution < -0.4 is 10.5 Å². The lowest BCUT2D eigenvalue weighted by molar-refractivity contribution is -0.137. The lowest BCUT2D eigenvalue weighted by Crippen LogP contribution is -2.26. The van der Waals surface area contributed by atoms with Gasteiger partial charge in [0.1, 0.15) is 0 Å². The van der Waals surface area contributed by atoms with E-state index in [1.54, 1.807) is 12.3 Å². The van der Waals surface area contributed by atoms with E-state index >= 15 is 0 Å². The van der Waals surface area contributed by atoms with Crippen LogP contribution in [0.15, 0.2) is 17.1 Å². The largest absolute Gasteiger partial charge is 0.481 e. The molecule has 1 saturated heterocycles. The van der Waals surface area contributed by atoms with Crippen molar-refractivity contribution < 1.29 is 9.90 Å². The molecule has 0 amide bonds. The number of carboxylic acids is 1. The summed E-state index contributed by atoms with van der Waals surface area (Å²) in [5, 5.41) is 12.6. The molecule has 1 N–H and O–H groups in total. The monoisotopic (exact) mass is 251 g/mol. The first-order chi connectivity index (χ1) is 8.66. The Morgan fingerprint density at radius 2 is 2.11 bits per heavy atom. The van der Waals surface area contributed by atoms with Crippen LogP contribution in [0.1, 0.15) is 25.7 Å². The average molecular weight is 251 g/mol. The summed E-state index contributed by atoms with van der Waals surface area (Å²) < 4.78 is 1.32. The quantitative estimate of drug-likeness (QED) is 0.834. The minimum atomic E-state index is -0.850. The van der Waals surface area contributed by atoms with Crippen molar-refractivity contribution in [3.63, 3.8) is 0 Å². The molecule has 0 aliphatic carbocycles. The summed E-state index contributed by atoms with van der Waals surface area (Å²) in [5.74, 6) is -0.850. The zero-order chi connectivity index (χ0) is 13.0. The molecule has 6 heteroatoms. The second-order valence-corrected chi connectivity index (χ2v) is 4.47. The fraction of sp³-hybridized carbons (Fsp3) is 0.583. The van der Waals surface area contributed by atoms with Crippen molar-refractivity contribution in [1.82, 2.24) is 9.78 Å². The molecule has 1 aliphatic rings. The molecule has 1 aromatic rings.